The van der Waals surface area contributed by atoms with Crippen molar-refractivity contribution in [1.82, 2.24) is 10.3 Å². The number of halogens is 3. The van der Waals surface area contributed by atoms with E-state index < -0.39 is 24.7 Å². The minimum absolute atomic E-state index is 0.144. The van der Waals surface area contributed by atoms with Gasteiger partial charge in [-0.2, -0.15) is 13.2 Å². The number of nitrogens with two attached hydrogens (primary N) is 1. The first kappa shape index (κ1) is 15.5. The number of hydrogen-bond acceptors (Lipinski definition) is 4. The van der Waals surface area contributed by atoms with Crippen molar-refractivity contribution in [2.75, 3.05) is 6.54 Å². The van der Waals surface area contributed by atoms with Gasteiger partial charge in [-0.3, -0.25) is 4.79 Å². The molecule has 0 bridgehead atoms. The maximum atomic E-state index is 11.9. The van der Waals surface area contributed by atoms with Crippen LogP contribution in [0, 0.1) is 5.92 Å². The molecule has 1 unspecified atom stereocenters. The van der Waals surface area contributed by atoms with E-state index in [4.69, 9.17) is 10.2 Å². The van der Waals surface area contributed by atoms with Gasteiger partial charge in [0.2, 0.25) is 5.89 Å². The van der Waals surface area contributed by atoms with Crippen LogP contribution in [0.25, 0.3) is 0 Å². The predicted molar refractivity (Wildman–Crippen MR) is 61.3 cm³/mol. The zero-order valence-electron chi connectivity index (χ0n) is 10.6. The lowest BCUT2D eigenvalue weighted by Crippen LogP contribution is -2.33. The minimum atomic E-state index is -4.46. The molecule has 0 fully saturated rings. The summed E-state index contributed by atoms with van der Waals surface area (Å²) >= 11 is 0. The van der Waals surface area contributed by atoms with Gasteiger partial charge in [0.1, 0.15) is 12.8 Å². The highest BCUT2D eigenvalue weighted by atomic mass is 19.4. The lowest BCUT2D eigenvalue weighted by Gasteiger charge is -2.09. The Balaban J connectivity index is 2.61. The molecule has 3 N–H and O–H groups in total. The van der Waals surface area contributed by atoms with E-state index in [1.165, 1.54) is 0 Å². The summed E-state index contributed by atoms with van der Waals surface area (Å²) in [6.45, 7) is 2.51. The standard InChI is InChI=1S/C11H16F3N3O2/c1-6(2)3-7(15)10-17-8(4-19-10)9(18)16-5-11(12,13)14/h4,6-7H,3,5,15H2,1-2H3,(H,16,18). The van der Waals surface area contributed by atoms with Crippen molar-refractivity contribution in [3.63, 3.8) is 0 Å². The molecule has 0 aliphatic heterocycles. The first-order valence-electron chi connectivity index (χ1n) is 5.75. The van der Waals surface area contributed by atoms with Crippen LogP contribution in [-0.2, 0) is 0 Å². The van der Waals surface area contributed by atoms with Gasteiger partial charge in [0, 0.05) is 0 Å². The van der Waals surface area contributed by atoms with Crippen LogP contribution >= 0.6 is 0 Å². The molecule has 0 aromatic carbocycles. The van der Waals surface area contributed by atoms with E-state index >= 15 is 0 Å². The highest BCUT2D eigenvalue weighted by Crippen LogP contribution is 2.18. The van der Waals surface area contributed by atoms with Gasteiger partial charge in [0.05, 0.1) is 6.04 Å². The molecule has 108 valence electrons. The monoisotopic (exact) mass is 279 g/mol. The Morgan fingerprint density at radius 2 is 2.16 bits per heavy atom. The second kappa shape index (κ2) is 6.05. The summed E-state index contributed by atoms with van der Waals surface area (Å²) in [7, 11) is 0. The lowest BCUT2D eigenvalue weighted by atomic mass is 10.0. The average Bonchev–Trinajstić information content (AvgIpc) is 2.73. The third-order valence-corrected chi connectivity index (χ3v) is 2.25. The van der Waals surface area contributed by atoms with E-state index in [1.807, 2.05) is 13.8 Å². The molecule has 0 saturated heterocycles. The molecular formula is C11H16F3N3O2. The first-order valence-corrected chi connectivity index (χ1v) is 5.75. The maximum Gasteiger partial charge on any atom is 0.405 e. The van der Waals surface area contributed by atoms with Crippen molar-refractivity contribution in [1.29, 1.82) is 0 Å². The molecule has 1 amide bonds. The number of alkyl halides is 3. The summed E-state index contributed by atoms with van der Waals surface area (Å²) < 4.78 is 40.8. The van der Waals surface area contributed by atoms with Crippen molar-refractivity contribution >= 4 is 5.91 Å². The zero-order chi connectivity index (χ0) is 14.6. The van der Waals surface area contributed by atoms with Crippen molar-refractivity contribution in [3.05, 3.63) is 17.8 Å². The number of nitrogens with one attached hydrogen (secondary N) is 1. The Hall–Kier alpha value is -1.57. The fourth-order valence-electron chi connectivity index (χ4n) is 1.44. The molecule has 1 aromatic rings. The highest BCUT2D eigenvalue weighted by molar-refractivity contribution is 5.91. The molecule has 1 heterocycles. The third-order valence-electron chi connectivity index (χ3n) is 2.25. The normalized spacial score (nSPS) is 13.6. The Labute approximate surface area is 108 Å². The fraction of sp³-hybridized carbons (Fsp3) is 0.636. The third kappa shape index (κ3) is 5.29. The Morgan fingerprint density at radius 3 is 2.68 bits per heavy atom. The van der Waals surface area contributed by atoms with E-state index in [1.54, 1.807) is 5.32 Å². The summed E-state index contributed by atoms with van der Waals surface area (Å²) in [5.41, 5.74) is 5.57. The van der Waals surface area contributed by atoms with E-state index in [-0.39, 0.29) is 11.6 Å². The Bertz CT molecular complexity index is 429. The molecule has 19 heavy (non-hydrogen) atoms. The van der Waals surface area contributed by atoms with Gasteiger partial charge in [0.15, 0.2) is 5.69 Å². The average molecular weight is 279 g/mol. The Morgan fingerprint density at radius 1 is 1.53 bits per heavy atom. The fourth-order valence-corrected chi connectivity index (χ4v) is 1.44. The SMILES string of the molecule is CC(C)CC(N)c1nc(C(=O)NCC(F)(F)F)co1. The van der Waals surface area contributed by atoms with Crippen LogP contribution in [0.2, 0.25) is 0 Å². The van der Waals surface area contributed by atoms with Crippen LogP contribution in [0.5, 0.6) is 0 Å². The number of rotatable bonds is 5. The van der Waals surface area contributed by atoms with Gasteiger partial charge >= 0.3 is 6.18 Å². The van der Waals surface area contributed by atoms with E-state index in [2.05, 4.69) is 4.98 Å². The van der Waals surface area contributed by atoms with Crippen molar-refractivity contribution < 1.29 is 22.4 Å². The molecule has 0 spiro atoms. The van der Waals surface area contributed by atoms with E-state index in [0.29, 0.717) is 12.3 Å². The van der Waals surface area contributed by atoms with Gasteiger partial charge in [-0.05, 0) is 12.3 Å². The molecule has 1 aromatic heterocycles. The first-order chi connectivity index (χ1) is 8.69. The van der Waals surface area contributed by atoms with Gasteiger partial charge in [-0.25, -0.2) is 4.98 Å². The van der Waals surface area contributed by atoms with E-state index in [9.17, 15) is 18.0 Å². The van der Waals surface area contributed by atoms with Crippen molar-refractivity contribution in [2.45, 2.75) is 32.5 Å². The molecule has 8 heteroatoms. The number of hydrogen-bond donors (Lipinski definition) is 2. The van der Waals surface area contributed by atoms with Crippen LogP contribution in [-0.4, -0.2) is 23.6 Å². The van der Waals surface area contributed by atoms with Crippen LogP contribution in [0.3, 0.4) is 0 Å². The lowest BCUT2D eigenvalue weighted by molar-refractivity contribution is -0.123. The maximum absolute atomic E-state index is 11.9. The summed E-state index contributed by atoms with van der Waals surface area (Å²) in [5.74, 6) is -0.487. The molecule has 0 radical (unpaired) electrons. The number of carbonyl (C=O) groups excluding carboxylic acids is 1. The van der Waals surface area contributed by atoms with Crippen LogP contribution in [0.4, 0.5) is 13.2 Å². The van der Waals surface area contributed by atoms with Crippen LogP contribution in [0.15, 0.2) is 10.7 Å². The van der Waals surface area contributed by atoms with Crippen molar-refractivity contribution in [2.24, 2.45) is 11.7 Å². The summed E-state index contributed by atoms with van der Waals surface area (Å²) in [6, 6.07) is -0.482. The minimum Gasteiger partial charge on any atom is -0.446 e. The summed E-state index contributed by atoms with van der Waals surface area (Å²) in [5, 5.41) is 1.70. The number of oxazole rings is 1. The van der Waals surface area contributed by atoms with Crippen LogP contribution < -0.4 is 11.1 Å². The van der Waals surface area contributed by atoms with Gasteiger partial charge < -0.3 is 15.5 Å². The zero-order valence-corrected chi connectivity index (χ0v) is 10.6. The second-order valence-corrected chi connectivity index (χ2v) is 4.60. The van der Waals surface area contributed by atoms with Gasteiger partial charge in [0.25, 0.3) is 5.91 Å². The number of carbonyl (C=O) groups is 1. The molecule has 1 rings (SSSR count). The quantitative estimate of drug-likeness (QED) is 0.864. The summed E-state index contributed by atoms with van der Waals surface area (Å²) in [4.78, 5) is 15.2. The number of aromatic nitrogens is 1. The predicted octanol–water partition coefficient (Wildman–Crippen LogP) is 2.01. The topological polar surface area (TPSA) is 81.1 Å². The molecule has 1 atom stereocenters. The molecule has 0 aliphatic carbocycles. The molecule has 0 saturated carbocycles. The van der Waals surface area contributed by atoms with E-state index in [0.717, 1.165) is 6.26 Å². The molecule has 5 nitrogen and oxygen atoms in total. The van der Waals surface area contributed by atoms with Gasteiger partial charge in [-0.1, -0.05) is 13.8 Å². The van der Waals surface area contributed by atoms with Gasteiger partial charge in [-0.15, -0.1) is 0 Å². The smallest absolute Gasteiger partial charge is 0.405 e. The number of amides is 1. The van der Waals surface area contributed by atoms with Crippen molar-refractivity contribution in [3.8, 4) is 0 Å². The number of nitrogens with zero attached hydrogens (tertiary/aromatic N) is 1. The Kier molecular flexibility index (Phi) is 4.93. The molecule has 0 aliphatic rings. The summed E-state index contributed by atoms with van der Waals surface area (Å²) in [6.07, 6.45) is -2.86. The van der Waals surface area contributed by atoms with Crippen LogP contribution in [0.1, 0.15) is 42.7 Å². The second-order valence-electron chi connectivity index (χ2n) is 4.60. The largest absolute Gasteiger partial charge is 0.446 e. The molecular weight excluding hydrogens is 263 g/mol. The highest BCUT2D eigenvalue weighted by Gasteiger charge is 2.28.